The van der Waals surface area contributed by atoms with Crippen LogP contribution in [0.25, 0.3) is 0 Å². The fourth-order valence-electron chi connectivity index (χ4n) is 2.07. The zero-order valence-corrected chi connectivity index (χ0v) is 8.12. The van der Waals surface area contributed by atoms with Gasteiger partial charge in [0.15, 0.2) is 0 Å². The van der Waals surface area contributed by atoms with Crippen molar-refractivity contribution in [3.05, 3.63) is 35.9 Å². The van der Waals surface area contributed by atoms with Crippen LogP contribution < -0.4 is 0 Å². The molecule has 1 heterocycles. The van der Waals surface area contributed by atoms with Crippen molar-refractivity contribution in [2.75, 3.05) is 13.2 Å². The highest BCUT2D eigenvalue weighted by atomic mass is 16.5. The molecule has 0 N–H and O–H groups in total. The third-order valence-electron chi connectivity index (χ3n) is 2.87. The summed E-state index contributed by atoms with van der Waals surface area (Å²) < 4.78 is 5.35. The summed E-state index contributed by atoms with van der Waals surface area (Å²) in [6.07, 6.45) is 2.48. The minimum Gasteiger partial charge on any atom is -0.379 e. The number of rotatable bonds is 3. The van der Waals surface area contributed by atoms with Gasteiger partial charge in [-0.3, -0.25) is 0 Å². The predicted octanol–water partition coefficient (Wildman–Crippen LogP) is 2.75. The Kier molecular flexibility index (Phi) is 2.36. The molecule has 0 amide bonds. The second-order valence-electron chi connectivity index (χ2n) is 3.89. The predicted molar refractivity (Wildman–Crippen MR) is 53.8 cm³/mol. The normalized spacial score (nSPS) is 19.5. The van der Waals surface area contributed by atoms with Crippen molar-refractivity contribution >= 4 is 0 Å². The first-order valence-corrected chi connectivity index (χ1v) is 5.01. The van der Waals surface area contributed by atoms with Gasteiger partial charge in [-0.2, -0.15) is 0 Å². The summed E-state index contributed by atoms with van der Waals surface area (Å²) in [4.78, 5) is 0. The van der Waals surface area contributed by atoms with Gasteiger partial charge in [0.05, 0.1) is 13.2 Å². The fourth-order valence-corrected chi connectivity index (χ4v) is 2.07. The lowest BCUT2D eigenvalue weighted by Crippen LogP contribution is -2.46. The third kappa shape index (κ3) is 1.49. The van der Waals surface area contributed by atoms with Crippen molar-refractivity contribution in [2.45, 2.75) is 25.2 Å². The van der Waals surface area contributed by atoms with Crippen molar-refractivity contribution < 1.29 is 4.74 Å². The second-order valence-corrected chi connectivity index (χ2v) is 3.89. The lowest BCUT2D eigenvalue weighted by atomic mass is 9.75. The maximum Gasteiger partial charge on any atom is 0.0585 e. The van der Waals surface area contributed by atoms with Crippen molar-refractivity contribution in [1.29, 1.82) is 0 Å². The molecule has 1 aromatic rings. The summed E-state index contributed by atoms with van der Waals surface area (Å²) in [5, 5.41) is 0. The standard InChI is InChI=1S/C12H16O/c1-2-8-12(9-13-10-12)11-6-4-3-5-7-11/h3-7H,2,8-10H2,1H3. The highest BCUT2D eigenvalue weighted by Crippen LogP contribution is 2.36. The zero-order chi connectivity index (χ0) is 9.15. The Balaban J connectivity index is 2.22. The van der Waals surface area contributed by atoms with Gasteiger partial charge in [0.2, 0.25) is 0 Å². The fraction of sp³-hybridized carbons (Fsp3) is 0.500. The summed E-state index contributed by atoms with van der Waals surface area (Å²) in [5.74, 6) is 0. The number of ether oxygens (including phenoxy) is 1. The lowest BCUT2D eigenvalue weighted by Gasteiger charge is -2.42. The van der Waals surface area contributed by atoms with Crippen LogP contribution >= 0.6 is 0 Å². The average molecular weight is 176 g/mol. The van der Waals surface area contributed by atoms with Gasteiger partial charge in [0, 0.05) is 5.41 Å². The highest BCUT2D eigenvalue weighted by Gasteiger charge is 2.38. The molecule has 2 rings (SSSR count). The molecule has 0 radical (unpaired) electrons. The van der Waals surface area contributed by atoms with Gasteiger partial charge >= 0.3 is 0 Å². The Morgan fingerprint density at radius 2 is 1.92 bits per heavy atom. The SMILES string of the molecule is CCCC1(c2ccccc2)COC1. The van der Waals surface area contributed by atoms with Crippen LogP contribution in [0, 0.1) is 0 Å². The van der Waals surface area contributed by atoms with E-state index < -0.39 is 0 Å². The van der Waals surface area contributed by atoms with Gasteiger partial charge < -0.3 is 4.74 Å². The smallest absolute Gasteiger partial charge is 0.0585 e. The molecule has 0 spiro atoms. The minimum absolute atomic E-state index is 0.343. The minimum atomic E-state index is 0.343. The molecular formula is C12H16O. The number of hydrogen-bond donors (Lipinski definition) is 0. The molecule has 70 valence electrons. The van der Waals surface area contributed by atoms with E-state index in [1.165, 1.54) is 18.4 Å². The van der Waals surface area contributed by atoms with E-state index in [0.29, 0.717) is 5.41 Å². The number of benzene rings is 1. The Labute approximate surface area is 79.7 Å². The molecule has 0 bridgehead atoms. The molecule has 0 atom stereocenters. The van der Waals surface area contributed by atoms with Crippen LogP contribution in [0.5, 0.6) is 0 Å². The van der Waals surface area contributed by atoms with Crippen molar-refractivity contribution in [1.82, 2.24) is 0 Å². The van der Waals surface area contributed by atoms with Crippen LogP contribution in [-0.4, -0.2) is 13.2 Å². The zero-order valence-electron chi connectivity index (χ0n) is 8.12. The van der Waals surface area contributed by atoms with Gasteiger partial charge in [0.1, 0.15) is 0 Å². The summed E-state index contributed by atoms with van der Waals surface area (Å²) in [7, 11) is 0. The molecule has 1 saturated heterocycles. The first kappa shape index (κ1) is 8.76. The first-order chi connectivity index (χ1) is 6.37. The van der Waals surface area contributed by atoms with Gasteiger partial charge in [-0.05, 0) is 12.0 Å². The summed E-state index contributed by atoms with van der Waals surface area (Å²) in [6, 6.07) is 10.7. The van der Waals surface area contributed by atoms with E-state index in [9.17, 15) is 0 Å². The Morgan fingerprint density at radius 3 is 2.38 bits per heavy atom. The second kappa shape index (κ2) is 3.51. The van der Waals surface area contributed by atoms with Crippen LogP contribution in [0.4, 0.5) is 0 Å². The quantitative estimate of drug-likeness (QED) is 0.688. The molecular weight excluding hydrogens is 160 g/mol. The van der Waals surface area contributed by atoms with Crippen molar-refractivity contribution in [3.63, 3.8) is 0 Å². The van der Waals surface area contributed by atoms with Crippen LogP contribution in [0.2, 0.25) is 0 Å². The van der Waals surface area contributed by atoms with E-state index in [1.54, 1.807) is 0 Å². The van der Waals surface area contributed by atoms with E-state index in [4.69, 9.17) is 4.74 Å². The van der Waals surface area contributed by atoms with E-state index in [2.05, 4.69) is 37.3 Å². The van der Waals surface area contributed by atoms with Gasteiger partial charge in [0.25, 0.3) is 0 Å². The van der Waals surface area contributed by atoms with Crippen LogP contribution in [0.3, 0.4) is 0 Å². The molecule has 1 aromatic carbocycles. The maximum absolute atomic E-state index is 5.35. The average Bonchev–Trinajstić information content (AvgIpc) is 2.13. The molecule has 0 aliphatic carbocycles. The van der Waals surface area contributed by atoms with Crippen LogP contribution in [0.1, 0.15) is 25.3 Å². The van der Waals surface area contributed by atoms with Crippen LogP contribution in [0.15, 0.2) is 30.3 Å². The molecule has 0 saturated carbocycles. The molecule has 0 aromatic heterocycles. The Bertz CT molecular complexity index is 262. The lowest BCUT2D eigenvalue weighted by molar-refractivity contribution is -0.0646. The van der Waals surface area contributed by atoms with Crippen LogP contribution in [-0.2, 0) is 10.2 Å². The number of hydrogen-bond acceptors (Lipinski definition) is 1. The third-order valence-corrected chi connectivity index (χ3v) is 2.87. The van der Waals surface area contributed by atoms with E-state index >= 15 is 0 Å². The molecule has 1 aliphatic heterocycles. The summed E-state index contributed by atoms with van der Waals surface area (Å²) in [5.41, 5.74) is 1.79. The molecule has 1 nitrogen and oxygen atoms in total. The molecule has 1 fully saturated rings. The Morgan fingerprint density at radius 1 is 1.23 bits per heavy atom. The maximum atomic E-state index is 5.35. The van der Waals surface area contributed by atoms with Gasteiger partial charge in [-0.1, -0.05) is 43.7 Å². The topological polar surface area (TPSA) is 9.23 Å². The molecule has 0 unspecified atom stereocenters. The van der Waals surface area contributed by atoms with E-state index in [-0.39, 0.29) is 0 Å². The molecule has 1 heteroatoms. The highest BCUT2D eigenvalue weighted by molar-refractivity contribution is 5.27. The first-order valence-electron chi connectivity index (χ1n) is 5.01. The summed E-state index contributed by atoms with van der Waals surface area (Å²) >= 11 is 0. The molecule has 13 heavy (non-hydrogen) atoms. The van der Waals surface area contributed by atoms with Crippen molar-refractivity contribution in [2.24, 2.45) is 0 Å². The van der Waals surface area contributed by atoms with E-state index in [1.807, 2.05) is 0 Å². The Hall–Kier alpha value is -0.820. The van der Waals surface area contributed by atoms with E-state index in [0.717, 1.165) is 13.2 Å². The largest absolute Gasteiger partial charge is 0.379 e. The van der Waals surface area contributed by atoms with Crippen molar-refractivity contribution in [3.8, 4) is 0 Å². The van der Waals surface area contributed by atoms with Gasteiger partial charge in [-0.25, -0.2) is 0 Å². The monoisotopic (exact) mass is 176 g/mol. The van der Waals surface area contributed by atoms with Gasteiger partial charge in [-0.15, -0.1) is 0 Å². The summed E-state index contributed by atoms with van der Waals surface area (Å²) in [6.45, 7) is 4.05. The molecule has 1 aliphatic rings.